The summed E-state index contributed by atoms with van der Waals surface area (Å²) < 4.78 is 28.0. The van der Waals surface area contributed by atoms with Gasteiger partial charge >= 0.3 is 0 Å². The predicted molar refractivity (Wildman–Crippen MR) is 113 cm³/mol. The number of rotatable bonds is 4. The van der Waals surface area contributed by atoms with Gasteiger partial charge in [0.2, 0.25) is 5.95 Å². The number of H-pyrrole nitrogens is 1. The molecular weight excluding hydrogens is 410 g/mol. The zero-order valence-electron chi connectivity index (χ0n) is 15.1. The Balaban J connectivity index is 1.54. The Labute approximate surface area is 170 Å². The molecule has 1 aliphatic rings. The molecule has 1 aromatic carbocycles. The van der Waals surface area contributed by atoms with Crippen LogP contribution in [0.3, 0.4) is 0 Å². The van der Waals surface area contributed by atoms with E-state index >= 15 is 0 Å². The van der Waals surface area contributed by atoms with Crippen molar-refractivity contribution in [1.29, 1.82) is 0 Å². The molecule has 11 heteroatoms. The molecule has 0 radical (unpaired) electrons. The Hall–Kier alpha value is -3.18. The lowest BCUT2D eigenvalue weighted by Gasteiger charge is -2.35. The van der Waals surface area contributed by atoms with Gasteiger partial charge in [0.1, 0.15) is 5.82 Å². The van der Waals surface area contributed by atoms with Crippen LogP contribution in [0.15, 0.2) is 52.2 Å². The molecule has 0 aliphatic carbocycles. The normalized spacial score (nSPS) is 16.7. The summed E-state index contributed by atoms with van der Waals surface area (Å²) >= 11 is 1.36. The summed E-state index contributed by atoms with van der Waals surface area (Å²) in [6.45, 7) is 0.262. The van der Waals surface area contributed by atoms with E-state index in [1.54, 1.807) is 23.0 Å². The summed E-state index contributed by atoms with van der Waals surface area (Å²) in [5.74, 6) is 0.640. The maximum Gasteiger partial charge on any atom is 0.265 e. The highest BCUT2D eigenvalue weighted by Gasteiger charge is 2.33. The van der Waals surface area contributed by atoms with Gasteiger partial charge in [-0.25, -0.2) is 8.42 Å². The van der Waals surface area contributed by atoms with Crippen LogP contribution in [0.25, 0.3) is 11.0 Å². The topological polar surface area (TPSA) is 130 Å². The number of hydrogen-bond donors (Lipinski definition) is 3. The second-order valence-electron chi connectivity index (χ2n) is 6.73. The zero-order valence-corrected chi connectivity index (χ0v) is 16.7. The van der Waals surface area contributed by atoms with Gasteiger partial charge in [-0.2, -0.15) is 26.4 Å². The maximum absolute atomic E-state index is 13.3. The van der Waals surface area contributed by atoms with Crippen LogP contribution in [-0.4, -0.2) is 41.2 Å². The van der Waals surface area contributed by atoms with Crippen LogP contribution in [0.1, 0.15) is 5.56 Å². The molecule has 0 fully saturated rings. The summed E-state index contributed by atoms with van der Waals surface area (Å²) in [6, 6.07) is 8.97. The van der Waals surface area contributed by atoms with E-state index in [1.165, 1.54) is 15.6 Å². The number of nitrogens with one attached hydrogen (secondary N) is 2. The van der Waals surface area contributed by atoms with E-state index in [-0.39, 0.29) is 18.5 Å². The monoisotopic (exact) mass is 427 g/mol. The van der Waals surface area contributed by atoms with E-state index in [9.17, 15) is 8.42 Å². The number of benzene rings is 1. The van der Waals surface area contributed by atoms with Crippen molar-refractivity contribution < 1.29 is 8.42 Å². The fraction of sp³-hybridized carbons (Fsp3) is 0.167. The van der Waals surface area contributed by atoms with Crippen LogP contribution < -0.4 is 15.4 Å². The van der Waals surface area contributed by atoms with E-state index < -0.39 is 10.0 Å². The molecule has 0 saturated heterocycles. The third-order valence-electron chi connectivity index (χ3n) is 4.86. The molecule has 9 nitrogen and oxygen atoms in total. The molecule has 5 rings (SSSR count). The fourth-order valence-corrected chi connectivity index (χ4v) is 6.12. The first kappa shape index (κ1) is 17.9. The Bertz CT molecular complexity index is 1280. The maximum atomic E-state index is 13.3. The third kappa shape index (κ3) is 3.08. The van der Waals surface area contributed by atoms with Crippen LogP contribution in [-0.2, 0) is 16.4 Å². The molecule has 0 spiro atoms. The van der Waals surface area contributed by atoms with Crippen molar-refractivity contribution >= 4 is 49.8 Å². The van der Waals surface area contributed by atoms with Gasteiger partial charge < -0.3 is 11.1 Å². The lowest BCUT2D eigenvalue weighted by Crippen LogP contribution is -2.45. The molecule has 0 amide bonds. The molecule has 4 N–H and O–H groups in total. The molecule has 1 aliphatic heterocycles. The summed E-state index contributed by atoms with van der Waals surface area (Å²) in [7, 11) is -3.67. The van der Waals surface area contributed by atoms with Crippen molar-refractivity contribution in [2.24, 2.45) is 0 Å². The molecule has 3 aromatic heterocycles. The number of anilines is 3. The largest absolute Gasteiger partial charge is 0.368 e. The van der Waals surface area contributed by atoms with Gasteiger partial charge in [0, 0.05) is 5.38 Å². The molecular formula is C18H17N7O2S2. The van der Waals surface area contributed by atoms with Crippen LogP contribution in [0.4, 0.5) is 17.5 Å². The van der Waals surface area contributed by atoms with Crippen molar-refractivity contribution in [1.82, 2.24) is 20.2 Å². The lowest BCUT2D eigenvalue weighted by molar-refractivity contribution is 0.581. The molecule has 4 heterocycles. The SMILES string of the molecule is Nc1nc(NC2Cc3ccccc3N(S(=O)(=O)c3ccsc3)C2)c2cn[nH]c2n1. The highest BCUT2D eigenvalue weighted by molar-refractivity contribution is 7.93. The number of sulfonamides is 1. The first-order valence-corrected chi connectivity index (χ1v) is 11.3. The minimum Gasteiger partial charge on any atom is -0.368 e. The van der Waals surface area contributed by atoms with E-state index in [0.717, 1.165) is 5.56 Å². The summed E-state index contributed by atoms with van der Waals surface area (Å²) in [5.41, 5.74) is 7.98. The number of aromatic nitrogens is 4. The summed E-state index contributed by atoms with van der Waals surface area (Å²) in [5, 5.41) is 14.2. The molecule has 1 atom stereocenters. The van der Waals surface area contributed by atoms with Crippen molar-refractivity contribution in [3.63, 3.8) is 0 Å². The average molecular weight is 428 g/mol. The zero-order chi connectivity index (χ0) is 20.0. The third-order valence-corrected chi connectivity index (χ3v) is 7.47. The Morgan fingerprint density at radius 1 is 1.24 bits per heavy atom. The van der Waals surface area contributed by atoms with Gasteiger partial charge in [-0.05, 0) is 29.5 Å². The standard InChI is InChI=1S/C18H17N7O2S2/c19-18-22-16(14-8-20-24-17(14)23-18)21-12-7-11-3-1-2-4-15(11)25(9-12)29(26,27)13-5-6-28-10-13/h1-6,8,10,12H,7,9H2,(H4,19,20,21,22,23,24). The second kappa shape index (κ2) is 6.71. The Morgan fingerprint density at radius 3 is 2.93 bits per heavy atom. The lowest BCUT2D eigenvalue weighted by atomic mass is 9.99. The molecule has 0 saturated carbocycles. The Kier molecular flexibility index (Phi) is 4.14. The van der Waals surface area contributed by atoms with Crippen LogP contribution in [0.5, 0.6) is 0 Å². The average Bonchev–Trinajstić information content (AvgIpc) is 3.39. The van der Waals surface area contributed by atoms with Gasteiger partial charge in [0.05, 0.1) is 34.8 Å². The molecule has 1 unspecified atom stereocenters. The highest BCUT2D eigenvalue weighted by atomic mass is 32.2. The van der Waals surface area contributed by atoms with E-state index in [2.05, 4.69) is 25.5 Å². The van der Waals surface area contributed by atoms with Crippen LogP contribution in [0.2, 0.25) is 0 Å². The van der Waals surface area contributed by atoms with Gasteiger partial charge in [-0.3, -0.25) is 9.40 Å². The predicted octanol–water partition coefficient (Wildman–Crippen LogP) is 2.23. The first-order chi connectivity index (χ1) is 14.0. The van der Waals surface area contributed by atoms with E-state index in [0.29, 0.717) is 33.9 Å². The van der Waals surface area contributed by atoms with Crippen LogP contribution in [0, 0.1) is 0 Å². The van der Waals surface area contributed by atoms with Crippen molar-refractivity contribution in [3.8, 4) is 0 Å². The highest BCUT2D eigenvalue weighted by Crippen LogP contribution is 2.33. The quantitative estimate of drug-likeness (QED) is 0.455. The summed E-state index contributed by atoms with van der Waals surface area (Å²) in [6.07, 6.45) is 2.27. The number of nitrogens with zero attached hydrogens (tertiary/aromatic N) is 4. The van der Waals surface area contributed by atoms with Gasteiger partial charge in [0.15, 0.2) is 5.65 Å². The van der Waals surface area contributed by atoms with Crippen molar-refractivity contribution in [3.05, 3.63) is 52.9 Å². The Morgan fingerprint density at radius 2 is 2.10 bits per heavy atom. The second-order valence-corrected chi connectivity index (χ2v) is 9.37. The van der Waals surface area contributed by atoms with E-state index in [4.69, 9.17) is 5.73 Å². The first-order valence-electron chi connectivity index (χ1n) is 8.88. The molecule has 0 bridgehead atoms. The number of para-hydroxylation sites is 1. The van der Waals surface area contributed by atoms with Crippen LogP contribution >= 0.6 is 11.3 Å². The minimum atomic E-state index is -3.67. The van der Waals surface area contributed by atoms with Gasteiger partial charge in [0.25, 0.3) is 10.0 Å². The number of nitrogens with two attached hydrogens (primary N) is 1. The fourth-order valence-electron chi connectivity index (χ4n) is 3.56. The number of aromatic amines is 1. The van der Waals surface area contributed by atoms with Gasteiger partial charge in [-0.1, -0.05) is 18.2 Å². The smallest absolute Gasteiger partial charge is 0.265 e. The number of thiophene rings is 1. The van der Waals surface area contributed by atoms with E-state index in [1.807, 2.05) is 24.3 Å². The van der Waals surface area contributed by atoms with Crippen molar-refractivity contribution in [2.45, 2.75) is 17.4 Å². The molecule has 4 aromatic rings. The summed E-state index contributed by atoms with van der Waals surface area (Å²) in [4.78, 5) is 8.70. The minimum absolute atomic E-state index is 0.114. The molecule has 29 heavy (non-hydrogen) atoms. The molecule has 148 valence electrons. The number of hydrogen-bond acceptors (Lipinski definition) is 8. The number of fused-ring (bicyclic) bond motifs is 2. The number of nitrogen functional groups attached to an aromatic ring is 1. The van der Waals surface area contributed by atoms with Crippen molar-refractivity contribution in [2.75, 3.05) is 21.9 Å². The van der Waals surface area contributed by atoms with Gasteiger partial charge in [-0.15, -0.1) is 0 Å².